The van der Waals surface area contributed by atoms with Crippen LogP contribution in [-0.4, -0.2) is 31.7 Å². The van der Waals surface area contributed by atoms with E-state index in [2.05, 4.69) is 5.32 Å². The second-order valence-corrected chi connectivity index (χ2v) is 4.91. The van der Waals surface area contributed by atoms with Gasteiger partial charge in [0.2, 0.25) is 5.91 Å². The zero-order chi connectivity index (χ0) is 12.0. The third kappa shape index (κ3) is 4.94. The van der Waals surface area contributed by atoms with Crippen molar-refractivity contribution < 1.29 is 9.53 Å². The van der Waals surface area contributed by atoms with Crippen molar-refractivity contribution in [1.29, 1.82) is 0 Å². The van der Waals surface area contributed by atoms with E-state index < -0.39 is 0 Å². The molecular weight excluding hydrogens is 204 g/mol. The van der Waals surface area contributed by atoms with E-state index in [-0.39, 0.29) is 11.9 Å². The summed E-state index contributed by atoms with van der Waals surface area (Å²) in [7, 11) is 1.64. The molecule has 1 fully saturated rings. The summed E-state index contributed by atoms with van der Waals surface area (Å²) in [5, 5.41) is 2.94. The summed E-state index contributed by atoms with van der Waals surface area (Å²) >= 11 is 0. The molecule has 0 aromatic heterocycles. The molecule has 0 radical (unpaired) electrons. The average molecular weight is 228 g/mol. The minimum atomic E-state index is 0.100. The van der Waals surface area contributed by atoms with E-state index in [1.807, 2.05) is 6.92 Å². The van der Waals surface area contributed by atoms with Gasteiger partial charge in [-0.25, -0.2) is 0 Å². The molecular formula is C12H24N2O2. The van der Waals surface area contributed by atoms with Crippen molar-refractivity contribution in [3.05, 3.63) is 0 Å². The first kappa shape index (κ1) is 13.5. The molecule has 4 nitrogen and oxygen atoms in total. The van der Waals surface area contributed by atoms with Gasteiger partial charge in [-0.15, -0.1) is 0 Å². The molecule has 0 bridgehead atoms. The Labute approximate surface area is 97.9 Å². The summed E-state index contributed by atoms with van der Waals surface area (Å²) in [6, 6.07) is 0.454. The Morgan fingerprint density at radius 2 is 2.06 bits per heavy atom. The number of ether oxygens (including phenoxy) is 1. The van der Waals surface area contributed by atoms with Gasteiger partial charge in [-0.2, -0.15) is 0 Å². The van der Waals surface area contributed by atoms with E-state index >= 15 is 0 Å². The maximum Gasteiger partial charge on any atom is 0.220 e. The molecule has 1 unspecified atom stereocenters. The van der Waals surface area contributed by atoms with Gasteiger partial charge in [0.05, 0.1) is 6.61 Å². The summed E-state index contributed by atoms with van der Waals surface area (Å²) in [6.07, 6.45) is 4.94. The third-order valence-electron chi connectivity index (χ3n) is 3.19. The van der Waals surface area contributed by atoms with Crippen molar-refractivity contribution >= 4 is 5.91 Å². The smallest absolute Gasteiger partial charge is 0.220 e. The van der Waals surface area contributed by atoms with Gasteiger partial charge < -0.3 is 15.8 Å². The third-order valence-corrected chi connectivity index (χ3v) is 3.19. The molecule has 0 spiro atoms. The van der Waals surface area contributed by atoms with Crippen LogP contribution in [0.5, 0.6) is 0 Å². The fourth-order valence-corrected chi connectivity index (χ4v) is 2.28. The molecule has 0 aliphatic heterocycles. The molecule has 1 saturated carbocycles. The predicted octanol–water partition coefficient (Wildman–Crippen LogP) is 1.05. The number of amides is 1. The van der Waals surface area contributed by atoms with Crippen LogP contribution in [0.4, 0.5) is 0 Å². The molecule has 3 N–H and O–H groups in total. The standard InChI is InChI=1S/C12H24N2O2/c1-9(8-16-2)14-12(15)7-10-3-5-11(13)6-4-10/h9-11H,3-8,13H2,1-2H3,(H,14,15). The molecule has 1 rings (SSSR count). The topological polar surface area (TPSA) is 64.3 Å². The van der Waals surface area contributed by atoms with Crippen molar-refractivity contribution in [2.45, 2.75) is 51.1 Å². The number of rotatable bonds is 5. The van der Waals surface area contributed by atoms with E-state index in [9.17, 15) is 4.79 Å². The average Bonchev–Trinajstić information content (AvgIpc) is 2.21. The highest BCUT2D eigenvalue weighted by Gasteiger charge is 2.21. The number of nitrogens with two attached hydrogens (primary N) is 1. The zero-order valence-electron chi connectivity index (χ0n) is 10.4. The predicted molar refractivity (Wildman–Crippen MR) is 64.0 cm³/mol. The van der Waals surface area contributed by atoms with Crippen LogP contribution < -0.4 is 11.1 Å². The van der Waals surface area contributed by atoms with Gasteiger partial charge in [-0.1, -0.05) is 0 Å². The van der Waals surface area contributed by atoms with Gasteiger partial charge in [0.15, 0.2) is 0 Å². The summed E-state index contributed by atoms with van der Waals surface area (Å²) in [5.74, 6) is 0.666. The fourth-order valence-electron chi connectivity index (χ4n) is 2.28. The Kier molecular flexibility index (Phi) is 5.77. The van der Waals surface area contributed by atoms with Gasteiger partial charge in [0, 0.05) is 25.6 Å². The Hall–Kier alpha value is -0.610. The molecule has 1 amide bonds. The monoisotopic (exact) mass is 228 g/mol. The molecule has 1 aliphatic carbocycles. The van der Waals surface area contributed by atoms with E-state index in [0.717, 1.165) is 25.7 Å². The molecule has 0 saturated heterocycles. The first-order valence-electron chi connectivity index (χ1n) is 6.15. The van der Waals surface area contributed by atoms with E-state index in [1.165, 1.54) is 0 Å². The first-order chi connectivity index (χ1) is 7.61. The van der Waals surface area contributed by atoms with Gasteiger partial charge in [0.1, 0.15) is 0 Å². The van der Waals surface area contributed by atoms with Gasteiger partial charge in [-0.3, -0.25) is 4.79 Å². The molecule has 0 heterocycles. The van der Waals surface area contributed by atoms with Crippen molar-refractivity contribution in [2.24, 2.45) is 11.7 Å². The van der Waals surface area contributed by atoms with Gasteiger partial charge in [0.25, 0.3) is 0 Å². The number of carbonyl (C=O) groups is 1. The summed E-state index contributed by atoms with van der Waals surface area (Å²) in [4.78, 5) is 11.7. The molecule has 16 heavy (non-hydrogen) atoms. The van der Waals surface area contributed by atoms with Gasteiger partial charge in [-0.05, 0) is 38.5 Å². The Morgan fingerprint density at radius 1 is 1.44 bits per heavy atom. The Balaban J connectivity index is 2.18. The SMILES string of the molecule is COCC(C)NC(=O)CC1CCC(N)CC1. The van der Waals surface area contributed by atoms with Crippen molar-refractivity contribution in [1.82, 2.24) is 5.32 Å². The fraction of sp³-hybridized carbons (Fsp3) is 0.917. The van der Waals surface area contributed by atoms with Crippen LogP contribution in [0.3, 0.4) is 0 Å². The highest BCUT2D eigenvalue weighted by atomic mass is 16.5. The highest BCUT2D eigenvalue weighted by Crippen LogP contribution is 2.25. The summed E-state index contributed by atoms with van der Waals surface area (Å²) < 4.78 is 4.98. The van der Waals surface area contributed by atoms with Crippen LogP contribution in [0.15, 0.2) is 0 Å². The maximum absolute atomic E-state index is 11.7. The zero-order valence-corrected chi connectivity index (χ0v) is 10.4. The maximum atomic E-state index is 11.7. The van der Waals surface area contributed by atoms with Crippen LogP contribution in [0.1, 0.15) is 39.0 Å². The van der Waals surface area contributed by atoms with Crippen LogP contribution in [0, 0.1) is 5.92 Å². The van der Waals surface area contributed by atoms with Gasteiger partial charge >= 0.3 is 0 Å². The normalized spacial score (nSPS) is 27.4. The Bertz CT molecular complexity index is 213. The lowest BCUT2D eigenvalue weighted by Gasteiger charge is -2.26. The lowest BCUT2D eigenvalue weighted by Crippen LogP contribution is -2.37. The first-order valence-corrected chi connectivity index (χ1v) is 6.15. The number of nitrogens with one attached hydrogen (secondary N) is 1. The highest BCUT2D eigenvalue weighted by molar-refractivity contribution is 5.76. The number of carbonyl (C=O) groups excluding carboxylic acids is 1. The quantitative estimate of drug-likeness (QED) is 0.739. The Morgan fingerprint density at radius 3 is 2.62 bits per heavy atom. The largest absolute Gasteiger partial charge is 0.383 e. The van der Waals surface area contributed by atoms with Crippen LogP contribution in [-0.2, 0) is 9.53 Å². The molecule has 94 valence electrons. The lowest BCUT2D eigenvalue weighted by molar-refractivity contribution is -0.123. The van der Waals surface area contributed by atoms with Crippen LogP contribution in [0.25, 0.3) is 0 Å². The molecule has 4 heteroatoms. The van der Waals surface area contributed by atoms with E-state index in [0.29, 0.717) is 25.0 Å². The molecule has 1 aliphatic rings. The van der Waals surface area contributed by atoms with E-state index in [1.54, 1.807) is 7.11 Å². The van der Waals surface area contributed by atoms with E-state index in [4.69, 9.17) is 10.5 Å². The van der Waals surface area contributed by atoms with Crippen molar-refractivity contribution in [3.63, 3.8) is 0 Å². The minimum absolute atomic E-state index is 0.100. The molecule has 0 aromatic carbocycles. The van der Waals surface area contributed by atoms with Crippen molar-refractivity contribution in [2.75, 3.05) is 13.7 Å². The second-order valence-electron chi connectivity index (χ2n) is 4.91. The summed E-state index contributed by atoms with van der Waals surface area (Å²) in [6.45, 7) is 2.53. The lowest BCUT2D eigenvalue weighted by atomic mass is 9.84. The number of hydrogen-bond acceptors (Lipinski definition) is 3. The van der Waals surface area contributed by atoms with Crippen LogP contribution >= 0.6 is 0 Å². The summed E-state index contributed by atoms with van der Waals surface area (Å²) in [5.41, 5.74) is 5.83. The minimum Gasteiger partial charge on any atom is -0.383 e. The molecule has 1 atom stereocenters. The molecule has 0 aromatic rings. The number of hydrogen-bond donors (Lipinski definition) is 2. The second kappa shape index (κ2) is 6.86. The van der Waals surface area contributed by atoms with Crippen molar-refractivity contribution in [3.8, 4) is 0 Å². The van der Waals surface area contributed by atoms with Crippen LogP contribution in [0.2, 0.25) is 0 Å². The number of methoxy groups -OCH3 is 1.